The second-order valence-electron chi connectivity index (χ2n) is 8.72. The van der Waals surface area contributed by atoms with Gasteiger partial charge in [-0.2, -0.15) is 0 Å². The maximum Gasteiger partial charge on any atom is 0.430 e. The molecule has 0 unspecified atom stereocenters. The van der Waals surface area contributed by atoms with Crippen LogP contribution in [0, 0.1) is 5.82 Å². The van der Waals surface area contributed by atoms with Gasteiger partial charge in [0.1, 0.15) is 16.3 Å². The molecule has 2 amide bonds. The van der Waals surface area contributed by atoms with E-state index in [0.717, 1.165) is 23.5 Å². The van der Waals surface area contributed by atoms with Crippen molar-refractivity contribution in [3.63, 3.8) is 0 Å². The molecule has 34 heavy (non-hydrogen) atoms. The summed E-state index contributed by atoms with van der Waals surface area (Å²) in [4.78, 5) is 28.3. The van der Waals surface area contributed by atoms with E-state index in [1.54, 1.807) is 27.7 Å². The maximum absolute atomic E-state index is 15.1. The topological polar surface area (TPSA) is 129 Å². The van der Waals surface area contributed by atoms with Gasteiger partial charge in [0.15, 0.2) is 5.82 Å². The number of aromatic nitrogens is 1. The summed E-state index contributed by atoms with van der Waals surface area (Å²) < 4.78 is 47.3. The second kappa shape index (κ2) is 9.55. The van der Waals surface area contributed by atoms with Crippen molar-refractivity contribution in [3.05, 3.63) is 33.9 Å². The first-order valence-corrected chi connectivity index (χ1v) is 12.9. The highest BCUT2D eigenvalue weighted by Gasteiger charge is 2.38. The van der Waals surface area contributed by atoms with E-state index in [0.29, 0.717) is 10.7 Å². The van der Waals surface area contributed by atoms with Crippen molar-refractivity contribution in [1.29, 1.82) is 0 Å². The predicted molar refractivity (Wildman–Crippen MR) is 126 cm³/mol. The lowest BCUT2D eigenvalue weighted by atomic mass is 10.2. The zero-order chi connectivity index (χ0) is 25.4. The lowest BCUT2D eigenvalue weighted by Gasteiger charge is -2.26. The smallest absolute Gasteiger partial charge is 0.430 e. The predicted octanol–water partition coefficient (Wildman–Crippen LogP) is 4.62. The van der Waals surface area contributed by atoms with Crippen LogP contribution in [0.4, 0.5) is 25.5 Å². The van der Waals surface area contributed by atoms with Gasteiger partial charge < -0.3 is 20.1 Å². The van der Waals surface area contributed by atoms with Crippen LogP contribution in [0.1, 0.15) is 34.1 Å². The van der Waals surface area contributed by atoms with E-state index in [4.69, 9.17) is 16.3 Å². The minimum absolute atomic E-state index is 0.0973. The van der Waals surface area contributed by atoms with Crippen molar-refractivity contribution in [1.82, 2.24) is 9.88 Å². The van der Waals surface area contributed by atoms with Crippen molar-refractivity contribution in [2.24, 2.45) is 0 Å². The first-order chi connectivity index (χ1) is 15.7. The number of rotatable bonds is 5. The first-order valence-electron chi connectivity index (χ1n) is 10.1. The number of thiazole rings is 1. The number of benzene rings is 1. The standard InChI is InChI=1S/C20H24ClFN4O6S2/c1-11-5-12(8-25(11)18(27)28)24-15-7-14(22)16(6-13(15)21)34(30,31)26(17-9-33-10-23-17)19(29)32-20(2,3)4/h6-7,9-12,24H,5,8H2,1-4H3,(H,27,28)/t11-,12-/m0/s1. The highest BCUT2D eigenvalue weighted by molar-refractivity contribution is 7.93. The summed E-state index contributed by atoms with van der Waals surface area (Å²) in [5.41, 5.74) is 0.398. The van der Waals surface area contributed by atoms with E-state index in [2.05, 4.69) is 10.3 Å². The Morgan fingerprint density at radius 1 is 1.38 bits per heavy atom. The molecule has 2 atom stereocenters. The maximum atomic E-state index is 15.1. The number of halogens is 2. The van der Waals surface area contributed by atoms with Crippen LogP contribution in [0.3, 0.4) is 0 Å². The number of amides is 2. The van der Waals surface area contributed by atoms with Crippen LogP contribution in [0.2, 0.25) is 5.02 Å². The van der Waals surface area contributed by atoms with Crippen LogP contribution < -0.4 is 9.62 Å². The molecule has 0 radical (unpaired) electrons. The molecule has 2 aromatic rings. The number of nitrogens with one attached hydrogen (secondary N) is 1. The lowest BCUT2D eigenvalue weighted by molar-refractivity contribution is 0.0608. The van der Waals surface area contributed by atoms with E-state index in [1.165, 1.54) is 15.8 Å². The van der Waals surface area contributed by atoms with E-state index in [1.807, 2.05) is 0 Å². The normalized spacial score (nSPS) is 18.6. The van der Waals surface area contributed by atoms with Gasteiger partial charge in [-0.3, -0.25) is 0 Å². The summed E-state index contributed by atoms with van der Waals surface area (Å²) >= 11 is 7.31. The van der Waals surface area contributed by atoms with Crippen LogP contribution in [0.5, 0.6) is 0 Å². The number of hydrogen-bond acceptors (Lipinski definition) is 8. The van der Waals surface area contributed by atoms with Gasteiger partial charge in [0.25, 0.3) is 10.0 Å². The van der Waals surface area contributed by atoms with Crippen molar-refractivity contribution in [3.8, 4) is 0 Å². The molecule has 1 aromatic heterocycles. The summed E-state index contributed by atoms with van der Waals surface area (Å²) in [5, 5.41) is 13.4. The van der Waals surface area contributed by atoms with E-state index in [9.17, 15) is 23.1 Å². The molecule has 1 fully saturated rings. The SMILES string of the molecule is C[C@H]1C[C@H](Nc2cc(F)c(S(=O)(=O)N(C(=O)OC(C)(C)C)c3cscn3)cc2Cl)CN1C(=O)O. The molecule has 186 valence electrons. The molecule has 0 aliphatic carbocycles. The van der Waals surface area contributed by atoms with Crippen LogP contribution >= 0.6 is 22.9 Å². The Hall–Kier alpha value is -2.64. The number of hydrogen-bond donors (Lipinski definition) is 2. The summed E-state index contributed by atoms with van der Waals surface area (Å²) in [5.74, 6) is -1.40. The Bertz CT molecular complexity index is 1190. The van der Waals surface area contributed by atoms with Crippen molar-refractivity contribution in [2.75, 3.05) is 16.2 Å². The summed E-state index contributed by atoms with van der Waals surface area (Å²) in [6.45, 7) is 6.58. The van der Waals surface area contributed by atoms with Gasteiger partial charge in [0.05, 0.1) is 16.2 Å². The number of likely N-dealkylation sites (tertiary alicyclic amines) is 1. The minimum Gasteiger partial charge on any atom is -0.465 e. The number of carbonyl (C=O) groups is 2. The highest BCUT2D eigenvalue weighted by Crippen LogP contribution is 2.34. The van der Waals surface area contributed by atoms with Crippen LogP contribution in [0.25, 0.3) is 0 Å². The summed E-state index contributed by atoms with van der Waals surface area (Å²) in [6.07, 6.45) is -1.86. The molecule has 0 bridgehead atoms. The van der Waals surface area contributed by atoms with Crippen LogP contribution in [-0.4, -0.2) is 59.8 Å². The zero-order valence-corrected chi connectivity index (χ0v) is 21.2. The number of anilines is 2. The average molecular weight is 535 g/mol. The fraction of sp³-hybridized carbons (Fsp3) is 0.450. The summed E-state index contributed by atoms with van der Waals surface area (Å²) in [6, 6.07) is 1.20. The number of ether oxygens (including phenoxy) is 1. The van der Waals surface area contributed by atoms with Gasteiger partial charge in [-0.15, -0.1) is 15.6 Å². The Balaban J connectivity index is 1.94. The van der Waals surface area contributed by atoms with Crippen molar-refractivity contribution >= 4 is 56.7 Å². The van der Waals surface area contributed by atoms with Gasteiger partial charge in [-0.25, -0.2) is 27.4 Å². The van der Waals surface area contributed by atoms with Crippen LogP contribution in [0.15, 0.2) is 27.9 Å². The van der Waals surface area contributed by atoms with Crippen molar-refractivity contribution in [2.45, 2.75) is 56.7 Å². The molecule has 1 aliphatic rings. The molecular weight excluding hydrogens is 511 g/mol. The number of sulfonamides is 1. The first kappa shape index (κ1) is 26.0. The average Bonchev–Trinajstić information content (AvgIpc) is 3.32. The Kier molecular flexibility index (Phi) is 7.29. The molecule has 0 saturated carbocycles. The van der Waals surface area contributed by atoms with Gasteiger partial charge in [-0.05, 0) is 46.2 Å². The molecule has 3 rings (SSSR count). The Labute approximate surface area is 205 Å². The van der Waals surface area contributed by atoms with Crippen LogP contribution in [-0.2, 0) is 14.8 Å². The molecule has 1 aliphatic heterocycles. The highest BCUT2D eigenvalue weighted by atomic mass is 35.5. The number of carbonyl (C=O) groups excluding carboxylic acids is 1. The lowest BCUT2D eigenvalue weighted by Crippen LogP contribution is -2.41. The third kappa shape index (κ3) is 5.53. The van der Waals surface area contributed by atoms with Gasteiger partial charge >= 0.3 is 12.2 Å². The molecular formula is C20H24ClFN4O6S2. The Morgan fingerprint density at radius 2 is 2.06 bits per heavy atom. The third-order valence-electron chi connectivity index (χ3n) is 4.91. The summed E-state index contributed by atoms with van der Waals surface area (Å²) in [7, 11) is -4.79. The van der Waals surface area contributed by atoms with Gasteiger partial charge in [0.2, 0.25) is 0 Å². The molecule has 1 aromatic carbocycles. The van der Waals surface area contributed by atoms with Gasteiger partial charge in [0, 0.05) is 24.0 Å². The van der Waals surface area contributed by atoms with E-state index in [-0.39, 0.29) is 35.2 Å². The Morgan fingerprint density at radius 3 is 2.59 bits per heavy atom. The van der Waals surface area contributed by atoms with Crippen molar-refractivity contribution < 1.29 is 32.2 Å². The molecule has 10 nitrogen and oxygen atoms in total. The fourth-order valence-corrected chi connectivity index (χ4v) is 5.70. The monoisotopic (exact) mass is 534 g/mol. The molecule has 1 saturated heterocycles. The molecule has 0 spiro atoms. The number of nitrogens with zero attached hydrogens (tertiary/aromatic N) is 3. The fourth-order valence-electron chi connectivity index (χ4n) is 3.48. The zero-order valence-electron chi connectivity index (χ0n) is 18.8. The molecule has 2 heterocycles. The quantitative estimate of drug-likeness (QED) is 0.568. The van der Waals surface area contributed by atoms with Gasteiger partial charge in [-0.1, -0.05) is 11.6 Å². The molecule has 14 heteroatoms. The second-order valence-corrected chi connectivity index (χ2v) is 11.6. The number of carboxylic acid groups (broad SMARTS) is 1. The van der Waals surface area contributed by atoms with E-state index < -0.39 is 38.5 Å². The largest absolute Gasteiger partial charge is 0.465 e. The third-order valence-corrected chi connectivity index (χ3v) is 7.48. The molecule has 2 N–H and O–H groups in total. The van der Waals surface area contributed by atoms with E-state index >= 15 is 4.39 Å². The minimum atomic E-state index is -4.79.